The normalized spacial score (nSPS) is 10.3. The van der Waals surface area contributed by atoms with Crippen LogP contribution in [0.15, 0.2) is 24.3 Å². The maximum absolute atomic E-state index is 11.1. The number of carbonyl (C=O) groups is 1. The van der Waals surface area contributed by atoms with Gasteiger partial charge in [-0.05, 0) is 0 Å². The Morgan fingerprint density at radius 1 is 0.905 bits per heavy atom. The summed E-state index contributed by atoms with van der Waals surface area (Å²) >= 11 is 0. The molecule has 106 valence electrons. The molecule has 2 aromatic rings. The van der Waals surface area contributed by atoms with E-state index in [1.54, 1.807) is 0 Å². The van der Waals surface area contributed by atoms with Crippen molar-refractivity contribution >= 4 is 34.1 Å². The number of nitrogens with zero attached hydrogens (tertiary/aromatic N) is 3. The lowest BCUT2D eigenvalue weighted by atomic mass is 10.0. The number of nitro groups is 3. The smallest absolute Gasteiger partial charge is 0.297 e. The molecule has 0 atom stereocenters. The lowest BCUT2D eigenvalue weighted by Gasteiger charge is -2.04. The Kier molecular flexibility index (Phi) is 3.28. The Hall–Kier alpha value is -3.43. The fraction of sp³-hybridized carbons (Fsp3) is 0. The van der Waals surface area contributed by atoms with Crippen molar-refractivity contribution in [3.63, 3.8) is 0 Å². The summed E-state index contributed by atoms with van der Waals surface area (Å²) in [4.78, 5) is 41.2. The van der Waals surface area contributed by atoms with Gasteiger partial charge in [0.15, 0.2) is 11.8 Å². The summed E-state index contributed by atoms with van der Waals surface area (Å²) in [6.07, 6.45) is -0.0492. The molecule has 10 nitrogen and oxygen atoms in total. The predicted octanol–water partition coefficient (Wildman–Crippen LogP) is 2.38. The first kappa shape index (κ1) is 14.0. The molecule has 2 aromatic carbocycles. The fourth-order valence-electron chi connectivity index (χ4n) is 2.03. The monoisotopic (exact) mass is 291 g/mol. The average molecular weight is 291 g/mol. The van der Waals surface area contributed by atoms with E-state index in [0.29, 0.717) is 0 Å². The Bertz CT molecular complexity index is 815. The average Bonchev–Trinajstić information content (AvgIpc) is 2.43. The highest BCUT2D eigenvalue weighted by atomic mass is 16.6. The standard InChI is InChI=1S/C11H5N3O7/c15-5-7-9(13(18)19)4-6-2-1-3-8(12(16)17)10(6)11(7)14(20)21/h1-5H. The minimum atomic E-state index is -1.04. The number of hydrogen-bond acceptors (Lipinski definition) is 7. The molecule has 0 N–H and O–H groups in total. The summed E-state index contributed by atoms with van der Waals surface area (Å²) in [5.41, 5.74) is -3.12. The molecular formula is C11H5N3O7. The molecular weight excluding hydrogens is 286 g/mol. The Morgan fingerprint density at radius 3 is 2.00 bits per heavy atom. The third-order valence-corrected chi connectivity index (χ3v) is 2.83. The van der Waals surface area contributed by atoms with Gasteiger partial charge >= 0.3 is 5.69 Å². The maximum Gasteiger partial charge on any atom is 0.301 e. The second-order valence-corrected chi connectivity index (χ2v) is 3.92. The number of nitro benzene ring substituents is 3. The molecule has 2 rings (SSSR count). The summed E-state index contributed by atoms with van der Waals surface area (Å²) in [7, 11) is 0. The van der Waals surface area contributed by atoms with E-state index in [1.807, 2.05) is 0 Å². The molecule has 21 heavy (non-hydrogen) atoms. The van der Waals surface area contributed by atoms with Crippen LogP contribution >= 0.6 is 0 Å². The van der Waals surface area contributed by atoms with Gasteiger partial charge in [0.1, 0.15) is 5.39 Å². The quantitative estimate of drug-likeness (QED) is 0.477. The molecule has 0 saturated carbocycles. The van der Waals surface area contributed by atoms with Crippen molar-refractivity contribution in [3.8, 4) is 0 Å². The minimum absolute atomic E-state index is 0.0492. The Labute approximate surface area is 115 Å². The summed E-state index contributed by atoms with van der Waals surface area (Å²) < 4.78 is 0. The highest BCUT2D eigenvalue weighted by Crippen LogP contribution is 2.40. The summed E-state index contributed by atoms with van der Waals surface area (Å²) in [5, 5.41) is 32.5. The minimum Gasteiger partial charge on any atom is -0.297 e. The maximum atomic E-state index is 11.1. The largest absolute Gasteiger partial charge is 0.301 e. The second-order valence-electron chi connectivity index (χ2n) is 3.92. The van der Waals surface area contributed by atoms with Crippen LogP contribution in [0, 0.1) is 30.3 Å². The van der Waals surface area contributed by atoms with Gasteiger partial charge in [0.05, 0.1) is 14.8 Å². The van der Waals surface area contributed by atoms with Crippen molar-refractivity contribution in [3.05, 3.63) is 60.2 Å². The van der Waals surface area contributed by atoms with E-state index in [2.05, 4.69) is 0 Å². The number of hydrogen-bond donors (Lipinski definition) is 0. The fourth-order valence-corrected chi connectivity index (χ4v) is 2.03. The molecule has 0 aliphatic heterocycles. The van der Waals surface area contributed by atoms with Gasteiger partial charge in [-0.1, -0.05) is 12.1 Å². The van der Waals surface area contributed by atoms with Gasteiger partial charge in [-0.2, -0.15) is 0 Å². The van der Waals surface area contributed by atoms with Gasteiger partial charge in [-0.25, -0.2) is 0 Å². The zero-order chi connectivity index (χ0) is 15.7. The van der Waals surface area contributed by atoms with E-state index in [-0.39, 0.29) is 11.7 Å². The van der Waals surface area contributed by atoms with Gasteiger partial charge in [-0.15, -0.1) is 0 Å². The molecule has 0 saturated heterocycles. The first-order valence-electron chi connectivity index (χ1n) is 5.36. The van der Waals surface area contributed by atoms with Gasteiger partial charge in [0.25, 0.3) is 11.4 Å². The first-order chi connectivity index (χ1) is 9.88. The summed E-state index contributed by atoms with van der Waals surface area (Å²) in [6.45, 7) is 0. The van der Waals surface area contributed by atoms with Gasteiger partial charge in [0.2, 0.25) is 0 Å². The number of aldehydes is 1. The molecule has 0 aromatic heterocycles. The molecule has 0 amide bonds. The number of rotatable bonds is 4. The first-order valence-corrected chi connectivity index (χ1v) is 5.36. The van der Waals surface area contributed by atoms with Crippen molar-refractivity contribution in [1.29, 1.82) is 0 Å². The zero-order valence-electron chi connectivity index (χ0n) is 10.1. The van der Waals surface area contributed by atoms with Crippen LogP contribution in [0.2, 0.25) is 0 Å². The molecule has 0 bridgehead atoms. The summed E-state index contributed by atoms with van der Waals surface area (Å²) in [5.74, 6) is 0. The van der Waals surface area contributed by atoms with E-state index >= 15 is 0 Å². The predicted molar refractivity (Wildman–Crippen MR) is 69.3 cm³/mol. The second kappa shape index (κ2) is 4.92. The molecule has 0 aliphatic rings. The van der Waals surface area contributed by atoms with E-state index in [0.717, 1.165) is 12.1 Å². The molecule has 0 aliphatic carbocycles. The van der Waals surface area contributed by atoms with E-state index in [1.165, 1.54) is 12.1 Å². The van der Waals surface area contributed by atoms with Crippen LogP contribution in [-0.2, 0) is 0 Å². The van der Waals surface area contributed by atoms with Crippen LogP contribution in [0.4, 0.5) is 17.1 Å². The van der Waals surface area contributed by atoms with Gasteiger partial charge in [-0.3, -0.25) is 35.1 Å². The van der Waals surface area contributed by atoms with E-state index in [4.69, 9.17) is 0 Å². The molecule has 0 fully saturated rings. The number of non-ortho nitro benzene ring substituents is 1. The SMILES string of the molecule is O=Cc1c([N+](=O)[O-])cc2cccc([N+](=O)[O-])c2c1[N+](=O)[O-]. The van der Waals surface area contributed by atoms with Crippen molar-refractivity contribution in [2.24, 2.45) is 0 Å². The van der Waals surface area contributed by atoms with E-state index < -0.39 is 42.8 Å². The highest BCUT2D eigenvalue weighted by molar-refractivity contribution is 6.07. The summed E-state index contributed by atoms with van der Waals surface area (Å²) in [6, 6.07) is 4.43. The van der Waals surface area contributed by atoms with Crippen LogP contribution in [0.1, 0.15) is 10.4 Å². The van der Waals surface area contributed by atoms with Crippen LogP contribution in [0.3, 0.4) is 0 Å². The van der Waals surface area contributed by atoms with Crippen molar-refractivity contribution < 1.29 is 19.6 Å². The highest BCUT2D eigenvalue weighted by Gasteiger charge is 2.32. The third kappa shape index (κ3) is 2.14. The Balaban J connectivity index is 3.12. The van der Waals surface area contributed by atoms with Crippen LogP contribution in [0.5, 0.6) is 0 Å². The van der Waals surface area contributed by atoms with Gasteiger partial charge in [0, 0.05) is 17.5 Å². The molecule has 0 heterocycles. The lowest BCUT2D eigenvalue weighted by Crippen LogP contribution is -2.03. The van der Waals surface area contributed by atoms with Crippen molar-refractivity contribution in [2.75, 3.05) is 0 Å². The van der Waals surface area contributed by atoms with Gasteiger partial charge < -0.3 is 0 Å². The van der Waals surface area contributed by atoms with Crippen LogP contribution < -0.4 is 0 Å². The Morgan fingerprint density at radius 2 is 1.52 bits per heavy atom. The van der Waals surface area contributed by atoms with Crippen LogP contribution in [-0.4, -0.2) is 21.1 Å². The van der Waals surface area contributed by atoms with Crippen molar-refractivity contribution in [2.45, 2.75) is 0 Å². The molecule has 10 heteroatoms. The lowest BCUT2D eigenvalue weighted by molar-refractivity contribution is -0.395. The van der Waals surface area contributed by atoms with Crippen LogP contribution in [0.25, 0.3) is 10.8 Å². The number of carbonyl (C=O) groups excluding carboxylic acids is 1. The van der Waals surface area contributed by atoms with Crippen molar-refractivity contribution in [1.82, 2.24) is 0 Å². The zero-order valence-corrected chi connectivity index (χ0v) is 10.1. The molecule has 0 spiro atoms. The van der Waals surface area contributed by atoms with E-state index in [9.17, 15) is 35.1 Å². The number of fused-ring (bicyclic) bond motifs is 1. The molecule has 0 radical (unpaired) electrons. The molecule has 0 unspecified atom stereocenters. The topological polar surface area (TPSA) is 146 Å². The number of benzene rings is 2. The third-order valence-electron chi connectivity index (χ3n) is 2.83.